The van der Waals surface area contributed by atoms with Crippen LogP contribution in [0, 0.1) is 0 Å². The van der Waals surface area contributed by atoms with E-state index in [0.717, 1.165) is 22.7 Å². The van der Waals surface area contributed by atoms with Crippen molar-refractivity contribution in [2.45, 2.75) is 5.75 Å². The molecule has 5 nitrogen and oxygen atoms in total. The van der Waals surface area contributed by atoms with Crippen molar-refractivity contribution in [3.05, 3.63) is 72.8 Å². The predicted molar refractivity (Wildman–Crippen MR) is 92.6 cm³/mol. The number of rotatable bonds is 6. The number of amides is 1. The number of aromatic nitrogens is 3. The highest BCUT2D eigenvalue weighted by molar-refractivity contribution is 7.99. The number of pyridine rings is 1. The van der Waals surface area contributed by atoms with Gasteiger partial charge in [0, 0.05) is 36.2 Å². The van der Waals surface area contributed by atoms with Gasteiger partial charge in [-0.05, 0) is 42.0 Å². The summed E-state index contributed by atoms with van der Waals surface area (Å²) >= 11 is 1.57. The van der Waals surface area contributed by atoms with Crippen molar-refractivity contribution >= 4 is 23.4 Å². The van der Waals surface area contributed by atoms with Gasteiger partial charge in [-0.25, -0.2) is 4.68 Å². The van der Waals surface area contributed by atoms with E-state index >= 15 is 0 Å². The molecule has 0 aliphatic heterocycles. The van der Waals surface area contributed by atoms with E-state index in [1.165, 1.54) is 0 Å². The molecule has 0 aliphatic carbocycles. The largest absolute Gasteiger partial charge is 0.325 e. The van der Waals surface area contributed by atoms with E-state index in [2.05, 4.69) is 15.4 Å². The Hall–Kier alpha value is -2.60. The lowest BCUT2D eigenvalue weighted by molar-refractivity contribution is -0.113. The van der Waals surface area contributed by atoms with E-state index in [1.807, 2.05) is 54.9 Å². The SMILES string of the molecule is O=C(CSCc1cccnc1)Nc1ccc(-n2cccn2)cc1. The standard InChI is InChI=1S/C17H16N4OS/c22-17(13-23-12-14-3-1-8-18-11-14)20-15-4-6-16(7-5-15)21-10-2-9-19-21/h1-11H,12-13H2,(H,20,22). The van der Waals surface area contributed by atoms with E-state index < -0.39 is 0 Å². The fraction of sp³-hybridized carbons (Fsp3) is 0.118. The molecule has 6 heteroatoms. The molecule has 0 spiro atoms. The Balaban J connectivity index is 1.48. The quantitative estimate of drug-likeness (QED) is 0.757. The van der Waals surface area contributed by atoms with Gasteiger partial charge in [0.25, 0.3) is 0 Å². The van der Waals surface area contributed by atoms with Crippen LogP contribution in [0.5, 0.6) is 0 Å². The van der Waals surface area contributed by atoms with E-state index in [4.69, 9.17) is 0 Å². The molecule has 0 saturated carbocycles. The van der Waals surface area contributed by atoms with Crippen LogP contribution in [-0.2, 0) is 10.5 Å². The average molecular weight is 324 g/mol. The summed E-state index contributed by atoms with van der Waals surface area (Å²) in [5.74, 6) is 1.18. The minimum Gasteiger partial charge on any atom is -0.325 e. The minimum absolute atomic E-state index is 0.00858. The van der Waals surface area contributed by atoms with Gasteiger partial charge in [-0.15, -0.1) is 11.8 Å². The minimum atomic E-state index is -0.00858. The van der Waals surface area contributed by atoms with Gasteiger partial charge in [0.05, 0.1) is 11.4 Å². The first kappa shape index (κ1) is 15.3. The van der Waals surface area contributed by atoms with Crippen molar-refractivity contribution in [2.24, 2.45) is 0 Å². The molecule has 0 saturated heterocycles. The van der Waals surface area contributed by atoms with E-state index in [1.54, 1.807) is 28.8 Å². The van der Waals surface area contributed by atoms with Crippen LogP contribution in [0.4, 0.5) is 5.69 Å². The number of anilines is 1. The third-order valence-corrected chi connectivity index (χ3v) is 4.15. The second-order valence-corrected chi connectivity index (χ2v) is 5.89. The molecule has 2 aromatic heterocycles. The maximum absolute atomic E-state index is 12.0. The molecular weight excluding hydrogens is 308 g/mol. The summed E-state index contributed by atoms with van der Waals surface area (Å²) in [4.78, 5) is 16.0. The second kappa shape index (κ2) is 7.60. The Bertz CT molecular complexity index is 742. The predicted octanol–water partition coefficient (Wildman–Crippen LogP) is 3.14. The topological polar surface area (TPSA) is 59.8 Å². The molecule has 0 aliphatic rings. The molecule has 0 bridgehead atoms. The molecule has 0 unspecified atom stereocenters. The lowest BCUT2D eigenvalue weighted by Gasteiger charge is -2.07. The number of hydrogen-bond acceptors (Lipinski definition) is 4. The highest BCUT2D eigenvalue weighted by Gasteiger charge is 2.04. The lowest BCUT2D eigenvalue weighted by Crippen LogP contribution is -2.14. The van der Waals surface area contributed by atoms with E-state index in [9.17, 15) is 4.79 Å². The summed E-state index contributed by atoms with van der Waals surface area (Å²) in [5, 5.41) is 7.06. The van der Waals surface area contributed by atoms with Crippen LogP contribution in [0.2, 0.25) is 0 Å². The number of thioether (sulfide) groups is 1. The van der Waals surface area contributed by atoms with Crippen LogP contribution in [0.15, 0.2) is 67.3 Å². The van der Waals surface area contributed by atoms with E-state index in [-0.39, 0.29) is 5.91 Å². The maximum Gasteiger partial charge on any atom is 0.234 e. The molecule has 1 aromatic carbocycles. The van der Waals surface area contributed by atoms with Crippen molar-refractivity contribution in [1.82, 2.24) is 14.8 Å². The average Bonchev–Trinajstić information content (AvgIpc) is 3.11. The first-order valence-electron chi connectivity index (χ1n) is 7.18. The fourth-order valence-electron chi connectivity index (χ4n) is 2.06. The zero-order chi connectivity index (χ0) is 15.9. The van der Waals surface area contributed by atoms with E-state index in [0.29, 0.717) is 5.75 Å². The van der Waals surface area contributed by atoms with Crippen LogP contribution in [0.3, 0.4) is 0 Å². The summed E-state index contributed by atoms with van der Waals surface area (Å²) < 4.78 is 1.77. The molecule has 1 amide bonds. The number of carbonyl (C=O) groups excluding carboxylic acids is 1. The van der Waals surface area contributed by atoms with Crippen LogP contribution in [0.1, 0.15) is 5.56 Å². The number of hydrogen-bond donors (Lipinski definition) is 1. The molecule has 116 valence electrons. The smallest absolute Gasteiger partial charge is 0.234 e. The van der Waals surface area contributed by atoms with Gasteiger partial charge >= 0.3 is 0 Å². The van der Waals surface area contributed by atoms with Crippen molar-refractivity contribution < 1.29 is 4.79 Å². The zero-order valence-corrected chi connectivity index (χ0v) is 13.2. The van der Waals surface area contributed by atoms with Crippen LogP contribution in [-0.4, -0.2) is 26.4 Å². The second-order valence-electron chi connectivity index (χ2n) is 4.90. The maximum atomic E-state index is 12.0. The first-order valence-corrected chi connectivity index (χ1v) is 8.33. The van der Waals surface area contributed by atoms with Crippen LogP contribution < -0.4 is 5.32 Å². The third-order valence-electron chi connectivity index (χ3n) is 3.14. The summed E-state index contributed by atoms with van der Waals surface area (Å²) in [7, 11) is 0. The number of benzene rings is 1. The zero-order valence-electron chi connectivity index (χ0n) is 12.4. The van der Waals surface area contributed by atoms with Crippen molar-refractivity contribution in [2.75, 3.05) is 11.1 Å². The monoisotopic (exact) mass is 324 g/mol. The molecule has 0 radical (unpaired) electrons. The molecule has 0 atom stereocenters. The number of carbonyl (C=O) groups is 1. The molecule has 1 N–H and O–H groups in total. The van der Waals surface area contributed by atoms with Crippen molar-refractivity contribution in [1.29, 1.82) is 0 Å². The summed E-state index contributed by atoms with van der Waals surface area (Å²) in [5.41, 5.74) is 2.86. The Morgan fingerprint density at radius 3 is 2.70 bits per heavy atom. The Labute approximate surface area is 138 Å². The number of nitrogens with zero attached hydrogens (tertiary/aromatic N) is 3. The van der Waals surface area contributed by atoms with Gasteiger partial charge in [0.1, 0.15) is 0 Å². The highest BCUT2D eigenvalue weighted by atomic mass is 32.2. The summed E-state index contributed by atoms with van der Waals surface area (Å²) in [6.07, 6.45) is 7.17. The fourth-order valence-corrected chi connectivity index (χ4v) is 2.83. The van der Waals surface area contributed by atoms with Gasteiger partial charge in [-0.3, -0.25) is 9.78 Å². The molecule has 3 aromatic rings. The molecule has 0 fully saturated rings. The van der Waals surface area contributed by atoms with Gasteiger partial charge in [0.2, 0.25) is 5.91 Å². The molecular formula is C17H16N4OS. The third kappa shape index (κ3) is 4.43. The highest BCUT2D eigenvalue weighted by Crippen LogP contribution is 2.14. The van der Waals surface area contributed by atoms with Gasteiger partial charge in [0.15, 0.2) is 0 Å². The van der Waals surface area contributed by atoms with Crippen molar-refractivity contribution in [3.8, 4) is 5.69 Å². The van der Waals surface area contributed by atoms with Gasteiger partial charge < -0.3 is 5.32 Å². The normalized spacial score (nSPS) is 10.4. The molecule has 3 rings (SSSR count). The molecule has 23 heavy (non-hydrogen) atoms. The Morgan fingerprint density at radius 2 is 2.00 bits per heavy atom. The van der Waals surface area contributed by atoms with Crippen molar-refractivity contribution in [3.63, 3.8) is 0 Å². The van der Waals surface area contributed by atoms with Gasteiger partial charge in [-0.1, -0.05) is 6.07 Å². The van der Waals surface area contributed by atoms with Crippen LogP contribution in [0.25, 0.3) is 5.69 Å². The summed E-state index contributed by atoms with van der Waals surface area (Å²) in [6, 6.07) is 13.4. The first-order chi connectivity index (χ1) is 11.3. The Morgan fingerprint density at radius 1 is 1.13 bits per heavy atom. The summed E-state index contributed by atoms with van der Waals surface area (Å²) in [6.45, 7) is 0. The molecule has 2 heterocycles. The Kier molecular flexibility index (Phi) is 5.06. The lowest BCUT2D eigenvalue weighted by atomic mass is 10.3. The van der Waals surface area contributed by atoms with Gasteiger partial charge in [-0.2, -0.15) is 5.10 Å². The van der Waals surface area contributed by atoms with Crippen LogP contribution >= 0.6 is 11.8 Å². The number of nitrogens with one attached hydrogen (secondary N) is 1.